The second kappa shape index (κ2) is 7.86. The first-order chi connectivity index (χ1) is 12.6. The minimum Gasteiger partial charge on any atom is -0.493 e. The van der Waals surface area contributed by atoms with Crippen LogP contribution in [0.3, 0.4) is 0 Å². The Kier molecular flexibility index (Phi) is 5.36. The second-order valence-corrected chi connectivity index (χ2v) is 6.12. The molecule has 0 bridgehead atoms. The lowest BCUT2D eigenvalue weighted by molar-refractivity contribution is -0.529. The molecule has 0 aromatic heterocycles. The molecule has 136 valence electrons. The third-order valence-electron chi connectivity index (χ3n) is 4.42. The maximum absolute atomic E-state index is 11.7. The van der Waals surface area contributed by atoms with E-state index in [0.29, 0.717) is 23.7 Å². The van der Waals surface area contributed by atoms with Gasteiger partial charge in [-0.2, -0.15) is 0 Å². The average Bonchev–Trinajstić information content (AvgIpc) is 2.66. The first-order valence-electron chi connectivity index (χ1n) is 8.36. The van der Waals surface area contributed by atoms with Crippen molar-refractivity contribution in [3.8, 4) is 11.5 Å². The number of piperidine rings is 1. The van der Waals surface area contributed by atoms with E-state index >= 15 is 0 Å². The lowest BCUT2D eigenvalue weighted by Gasteiger charge is -2.27. The molecule has 3 rings (SSSR count). The summed E-state index contributed by atoms with van der Waals surface area (Å²) in [6, 6.07) is 13.3. The fourth-order valence-electron chi connectivity index (χ4n) is 3.05. The molecule has 1 aliphatic rings. The van der Waals surface area contributed by atoms with Crippen LogP contribution in [0.5, 0.6) is 11.5 Å². The van der Waals surface area contributed by atoms with Gasteiger partial charge in [0.1, 0.15) is 12.6 Å². The molecule has 1 N–H and O–H groups in total. The van der Waals surface area contributed by atoms with E-state index in [-0.39, 0.29) is 23.7 Å². The van der Waals surface area contributed by atoms with Gasteiger partial charge in [-0.3, -0.25) is 14.9 Å². The third-order valence-corrected chi connectivity index (χ3v) is 4.42. The highest BCUT2D eigenvalue weighted by Crippen LogP contribution is 2.34. The summed E-state index contributed by atoms with van der Waals surface area (Å²) in [5.41, 5.74) is 1.65. The minimum atomic E-state index is -0.853. The number of methoxy groups -OCH3 is 1. The summed E-state index contributed by atoms with van der Waals surface area (Å²) in [5, 5.41) is 14.0. The predicted molar refractivity (Wildman–Crippen MR) is 94.7 cm³/mol. The number of carbonyl (C=O) groups is 1. The van der Waals surface area contributed by atoms with E-state index in [0.717, 1.165) is 5.56 Å². The molecule has 0 aliphatic carbocycles. The summed E-state index contributed by atoms with van der Waals surface area (Å²) >= 11 is 0. The maximum atomic E-state index is 11.7. The summed E-state index contributed by atoms with van der Waals surface area (Å²) in [7, 11) is 1.51. The highest BCUT2D eigenvalue weighted by Gasteiger charge is 2.38. The van der Waals surface area contributed by atoms with Crippen LogP contribution in [-0.4, -0.2) is 24.0 Å². The molecule has 1 heterocycles. The Morgan fingerprint density at radius 1 is 1.19 bits per heavy atom. The molecule has 1 saturated heterocycles. The lowest BCUT2D eigenvalue weighted by Crippen LogP contribution is -2.45. The number of nitro groups is 1. The van der Waals surface area contributed by atoms with Gasteiger partial charge >= 0.3 is 0 Å². The van der Waals surface area contributed by atoms with E-state index < -0.39 is 12.1 Å². The average molecular weight is 356 g/mol. The molecule has 1 aliphatic heterocycles. The number of carbonyl (C=O) groups excluding carboxylic acids is 1. The summed E-state index contributed by atoms with van der Waals surface area (Å²) in [6.07, 6.45) is 0.385. The SMILES string of the molecule is COc1cc([C@@H]2NC(=O)CC[C@H]2[N+](=O)[O-])ccc1OCc1ccccc1. The molecule has 2 aromatic carbocycles. The topological polar surface area (TPSA) is 90.7 Å². The van der Waals surface area contributed by atoms with Gasteiger partial charge in [-0.1, -0.05) is 36.4 Å². The Hall–Kier alpha value is -3.09. The summed E-state index contributed by atoms with van der Waals surface area (Å²) in [6.45, 7) is 0.383. The number of benzene rings is 2. The van der Waals surface area contributed by atoms with Crippen LogP contribution < -0.4 is 14.8 Å². The Morgan fingerprint density at radius 2 is 1.96 bits per heavy atom. The van der Waals surface area contributed by atoms with Gasteiger partial charge in [-0.15, -0.1) is 0 Å². The number of hydrogen-bond acceptors (Lipinski definition) is 5. The van der Waals surface area contributed by atoms with Crippen molar-refractivity contribution in [2.45, 2.75) is 31.5 Å². The van der Waals surface area contributed by atoms with E-state index in [4.69, 9.17) is 9.47 Å². The number of ether oxygens (including phenoxy) is 2. The van der Waals surface area contributed by atoms with Crippen LogP contribution in [0.4, 0.5) is 0 Å². The van der Waals surface area contributed by atoms with Gasteiger partial charge in [-0.25, -0.2) is 0 Å². The van der Waals surface area contributed by atoms with Gasteiger partial charge in [0.15, 0.2) is 11.5 Å². The quantitative estimate of drug-likeness (QED) is 0.635. The maximum Gasteiger partial charge on any atom is 0.237 e. The zero-order valence-electron chi connectivity index (χ0n) is 14.4. The number of hydrogen-bond donors (Lipinski definition) is 1. The van der Waals surface area contributed by atoms with Crippen LogP contribution in [0.15, 0.2) is 48.5 Å². The molecule has 7 heteroatoms. The van der Waals surface area contributed by atoms with Gasteiger partial charge in [0.2, 0.25) is 11.9 Å². The van der Waals surface area contributed by atoms with Crippen molar-refractivity contribution in [2.75, 3.05) is 7.11 Å². The van der Waals surface area contributed by atoms with Gasteiger partial charge in [0, 0.05) is 17.8 Å². The molecule has 0 unspecified atom stereocenters. The van der Waals surface area contributed by atoms with Crippen molar-refractivity contribution in [1.82, 2.24) is 5.32 Å². The Balaban J connectivity index is 1.81. The minimum absolute atomic E-state index is 0.164. The highest BCUT2D eigenvalue weighted by atomic mass is 16.6. The molecule has 0 radical (unpaired) electrons. The number of rotatable bonds is 6. The van der Waals surface area contributed by atoms with E-state index in [9.17, 15) is 14.9 Å². The zero-order chi connectivity index (χ0) is 18.5. The Morgan fingerprint density at radius 3 is 2.65 bits per heavy atom. The summed E-state index contributed by atoms with van der Waals surface area (Å²) in [4.78, 5) is 22.7. The van der Waals surface area contributed by atoms with Crippen molar-refractivity contribution in [2.24, 2.45) is 0 Å². The second-order valence-electron chi connectivity index (χ2n) is 6.12. The zero-order valence-corrected chi connectivity index (χ0v) is 14.4. The van der Waals surface area contributed by atoms with Gasteiger partial charge in [0.05, 0.1) is 7.11 Å². The number of nitrogens with zero attached hydrogens (tertiary/aromatic N) is 1. The fourth-order valence-corrected chi connectivity index (χ4v) is 3.05. The number of nitrogens with one attached hydrogen (secondary N) is 1. The molecule has 1 amide bonds. The van der Waals surface area contributed by atoms with E-state index in [1.807, 2.05) is 30.3 Å². The van der Waals surface area contributed by atoms with Crippen molar-refractivity contribution >= 4 is 5.91 Å². The van der Waals surface area contributed by atoms with Crippen LogP contribution in [0.1, 0.15) is 30.0 Å². The molecule has 26 heavy (non-hydrogen) atoms. The molecular weight excluding hydrogens is 336 g/mol. The van der Waals surface area contributed by atoms with Crippen LogP contribution in [0.25, 0.3) is 0 Å². The van der Waals surface area contributed by atoms with Crippen molar-refractivity contribution in [1.29, 1.82) is 0 Å². The van der Waals surface area contributed by atoms with Gasteiger partial charge < -0.3 is 14.8 Å². The molecule has 1 fully saturated rings. The molecular formula is C19H20N2O5. The molecule has 2 aromatic rings. The van der Waals surface area contributed by atoms with E-state index in [2.05, 4.69) is 5.32 Å². The summed E-state index contributed by atoms with van der Waals surface area (Å²) in [5.74, 6) is 0.830. The van der Waals surface area contributed by atoms with Crippen LogP contribution in [-0.2, 0) is 11.4 Å². The lowest BCUT2D eigenvalue weighted by atomic mass is 9.92. The smallest absolute Gasteiger partial charge is 0.237 e. The largest absolute Gasteiger partial charge is 0.493 e. The molecule has 0 saturated carbocycles. The fraction of sp³-hybridized carbons (Fsp3) is 0.316. The van der Waals surface area contributed by atoms with Crippen molar-refractivity contribution in [3.05, 3.63) is 69.8 Å². The summed E-state index contributed by atoms with van der Waals surface area (Å²) < 4.78 is 11.2. The molecule has 2 atom stereocenters. The van der Waals surface area contributed by atoms with Gasteiger partial charge in [-0.05, 0) is 23.3 Å². The third kappa shape index (κ3) is 3.93. The van der Waals surface area contributed by atoms with Gasteiger partial charge in [0.25, 0.3) is 0 Å². The highest BCUT2D eigenvalue weighted by molar-refractivity contribution is 5.77. The Bertz CT molecular complexity index is 794. The number of amides is 1. The normalized spacial score (nSPS) is 19.5. The van der Waals surface area contributed by atoms with Crippen LogP contribution in [0, 0.1) is 10.1 Å². The Labute approximate surface area is 151 Å². The van der Waals surface area contributed by atoms with Crippen molar-refractivity contribution < 1.29 is 19.2 Å². The molecule has 7 nitrogen and oxygen atoms in total. The predicted octanol–water partition coefficient (Wildman–Crippen LogP) is 2.87. The van der Waals surface area contributed by atoms with Crippen LogP contribution in [0.2, 0.25) is 0 Å². The molecule has 0 spiro atoms. The standard InChI is InChI=1S/C19H20N2O5/c1-25-17-11-14(19-15(21(23)24)8-10-18(22)20-19)7-9-16(17)26-12-13-5-3-2-4-6-13/h2-7,9,11,15,19H,8,10,12H2,1H3,(H,20,22)/t15-,19+/m1/s1. The van der Waals surface area contributed by atoms with E-state index in [1.54, 1.807) is 18.2 Å². The first kappa shape index (κ1) is 17.7. The van der Waals surface area contributed by atoms with E-state index in [1.165, 1.54) is 7.11 Å². The monoisotopic (exact) mass is 356 g/mol. The van der Waals surface area contributed by atoms with Crippen molar-refractivity contribution in [3.63, 3.8) is 0 Å². The van der Waals surface area contributed by atoms with Crippen LogP contribution >= 0.6 is 0 Å². The first-order valence-corrected chi connectivity index (χ1v) is 8.36.